The van der Waals surface area contributed by atoms with Crippen LogP contribution in [0.5, 0.6) is 0 Å². The van der Waals surface area contributed by atoms with Crippen molar-refractivity contribution in [2.24, 2.45) is 0 Å². The number of nitrogens with zero attached hydrogens (tertiary/aromatic N) is 2. The molecule has 3 aromatic rings. The molecule has 0 aliphatic heterocycles. The lowest BCUT2D eigenvalue weighted by Gasteiger charge is -2.09. The van der Waals surface area contributed by atoms with Gasteiger partial charge in [0, 0.05) is 5.69 Å². The van der Waals surface area contributed by atoms with Crippen LogP contribution < -0.4 is 5.32 Å². The summed E-state index contributed by atoms with van der Waals surface area (Å²) in [6, 6.07) is 11.9. The number of carbonyl (C=O) groups is 1. The van der Waals surface area contributed by atoms with Gasteiger partial charge in [-0.1, -0.05) is 17.7 Å². The van der Waals surface area contributed by atoms with Gasteiger partial charge >= 0.3 is 0 Å². The van der Waals surface area contributed by atoms with Gasteiger partial charge in [0.15, 0.2) is 0 Å². The third-order valence-corrected chi connectivity index (χ3v) is 3.96. The molecule has 0 atom stereocenters. The highest BCUT2D eigenvalue weighted by molar-refractivity contribution is 6.05. The number of benzene rings is 2. The second kappa shape index (κ2) is 6.28. The first-order chi connectivity index (χ1) is 11.5. The van der Waals surface area contributed by atoms with E-state index in [0.717, 1.165) is 16.8 Å². The van der Waals surface area contributed by atoms with Crippen molar-refractivity contribution < 1.29 is 9.18 Å². The van der Waals surface area contributed by atoms with Crippen molar-refractivity contribution in [2.75, 3.05) is 5.32 Å². The first-order valence-corrected chi connectivity index (χ1v) is 7.65. The van der Waals surface area contributed by atoms with E-state index in [2.05, 4.69) is 10.4 Å². The number of hydrogen-bond donors (Lipinski definition) is 1. The van der Waals surface area contributed by atoms with Crippen LogP contribution in [0.25, 0.3) is 5.69 Å². The molecule has 0 bridgehead atoms. The van der Waals surface area contributed by atoms with Crippen LogP contribution in [0.3, 0.4) is 0 Å². The minimum absolute atomic E-state index is 0.215. The Morgan fingerprint density at radius 1 is 1.08 bits per heavy atom. The average molecular weight is 323 g/mol. The lowest BCUT2D eigenvalue weighted by molar-refractivity contribution is 0.102. The number of carbonyl (C=O) groups excluding carboxylic acids is 1. The van der Waals surface area contributed by atoms with Crippen LogP contribution in [0.4, 0.5) is 10.1 Å². The third kappa shape index (κ3) is 3.06. The fourth-order valence-electron chi connectivity index (χ4n) is 2.62. The fraction of sp³-hybridized carbons (Fsp3) is 0.158. The van der Waals surface area contributed by atoms with E-state index in [1.807, 2.05) is 39.0 Å². The molecule has 0 unspecified atom stereocenters. The number of aryl methyl sites for hydroxylation is 2. The highest BCUT2D eigenvalue weighted by Gasteiger charge is 2.16. The molecule has 3 rings (SSSR count). The van der Waals surface area contributed by atoms with Crippen LogP contribution in [0.2, 0.25) is 0 Å². The van der Waals surface area contributed by atoms with E-state index in [1.165, 1.54) is 18.3 Å². The molecule has 5 heteroatoms. The van der Waals surface area contributed by atoms with Crippen LogP contribution in [0.1, 0.15) is 27.2 Å². The smallest absolute Gasteiger partial charge is 0.259 e. The predicted octanol–water partition coefficient (Wildman–Crippen LogP) is 4.19. The lowest BCUT2D eigenvalue weighted by atomic mass is 10.1. The Bertz CT molecular complexity index is 897. The van der Waals surface area contributed by atoms with Gasteiger partial charge in [-0.3, -0.25) is 4.79 Å². The van der Waals surface area contributed by atoms with Crippen LogP contribution >= 0.6 is 0 Å². The minimum atomic E-state index is -0.309. The fourth-order valence-corrected chi connectivity index (χ4v) is 2.62. The molecule has 0 aliphatic carbocycles. The van der Waals surface area contributed by atoms with Crippen LogP contribution in [0, 0.1) is 26.6 Å². The summed E-state index contributed by atoms with van der Waals surface area (Å²) < 4.78 is 14.7. The van der Waals surface area contributed by atoms with Gasteiger partial charge in [0.2, 0.25) is 0 Å². The molecule has 24 heavy (non-hydrogen) atoms. The van der Waals surface area contributed by atoms with Crippen molar-refractivity contribution in [1.82, 2.24) is 9.78 Å². The average Bonchev–Trinajstić information content (AvgIpc) is 2.92. The molecular formula is C19H18FN3O. The summed E-state index contributed by atoms with van der Waals surface area (Å²) in [6.45, 7) is 5.78. The molecule has 0 fully saturated rings. The molecule has 0 saturated heterocycles. The van der Waals surface area contributed by atoms with E-state index in [0.29, 0.717) is 16.9 Å². The maximum Gasteiger partial charge on any atom is 0.259 e. The number of anilines is 1. The van der Waals surface area contributed by atoms with Crippen LogP contribution in [-0.2, 0) is 0 Å². The van der Waals surface area contributed by atoms with Gasteiger partial charge in [-0.2, -0.15) is 5.10 Å². The zero-order valence-corrected chi connectivity index (χ0v) is 13.8. The van der Waals surface area contributed by atoms with Gasteiger partial charge in [-0.05, 0) is 56.7 Å². The van der Waals surface area contributed by atoms with E-state index in [4.69, 9.17) is 0 Å². The van der Waals surface area contributed by atoms with Crippen molar-refractivity contribution in [1.29, 1.82) is 0 Å². The maximum absolute atomic E-state index is 13.1. The Balaban J connectivity index is 1.87. The minimum Gasteiger partial charge on any atom is -0.322 e. The molecular weight excluding hydrogens is 305 g/mol. The zero-order chi connectivity index (χ0) is 17.3. The summed E-state index contributed by atoms with van der Waals surface area (Å²) in [6.07, 6.45) is 1.53. The SMILES string of the molecule is Cc1ccc(NC(=O)c2cnn(-c3ccc(F)cc3)c2C)c(C)c1. The van der Waals surface area contributed by atoms with Gasteiger partial charge in [0.1, 0.15) is 5.82 Å². The quantitative estimate of drug-likeness (QED) is 0.785. The Kier molecular flexibility index (Phi) is 4.16. The van der Waals surface area contributed by atoms with E-state index >= 15 is 0 Å². The van der Waals surface area contributed by atoms with Gasteiger partial charge in [0.25, 0.3) is 5.91 Å². The second-order valence-corrected chi connectivity index (χ2v) is 5.80. The van der Waals surface area contributed by atoms with Gasteiger partial charge < -0.3 is 5.32 Å². The Morgan fingerprint density at radius 2 is 1.79 bits per heavy atom. The molecule has 1 N–H and O–H groups in total. The summed E-state index contributed by atoms with van der Waals surface area (Å²) in [4.78, 5) is 12.5. The summed E-state index contributed by atoms with van der Waals surface area (Å²) >= 11 is 0. The highest BCUT2D eigenvalue weighted by Crippen LogP contribution is 2.19. The largest absolute Gasteiger partial charge is 0.322 e. The summed E-state index contributed by atoms with van der Waals surface area (Å²) in [5.41, 5.74) is 4.82. The van der Waals surface area contributed by atoms with E-state index in [9.17, 15) is 9.18 Å². The summed E-state index contributed by atoms with van der Waals surface area (Å²) in [5.74, 6) is -0.524. The summed E-state index contributed by atoms with van der Waals surface area (Å²) in [7, 11) is 0. The number of amides is 1. The number of aromatic nitrogens is 2. The van der Waals surface area contributed by atoms with E-state index in [-0.39, 0.29) is 11.7 Å². The first-order valence-electron chi connectivity index (χ1n) is 7.65. The maximum atomic E-state index is 13.1. The molecule has 1 amide bonds. The van der Waals surface area contributed by atoms with Gasteiger partial charge in [-0.25, -0.2) is 9.07 Å². The number of rotatable bonds is 3. The zero-order valence-electron chi connectivity index (χ0n) is 13.8. The number of nitrogens with one attached hydrogen (secondary N) is 1. The van der Waals surface area contributed by atoms with E-state index < -0.39 is 0 Å². The highest BCUT2D eigenvalue weighted by atomic mass is 19.1. The molecule has 0 radical (unpaired) electrons. The predicted molar refractivity (Wildman–Crippen MR) is 92.1 cm³/mol. The molecule has 0 aliphatic rings. The van der Waals surface area contributed by atoms with Crippen molar-refractivity contribution in [3.05, 3.63) is 76.9 Å². The monoisotopic (exact) mass is 323 g/mol. The van der Waals surface area contributed by atoms with Crippen molar-refractivity contribution in [2.45, 2.75) is 20.8 Å². The molecule has 1 aromatic heterocycles. The van der Waals surface area contributed by atoms with Crippen molar-refractivity contribution in [3.8, 4) is 5.69 Å². The molecule has 122 valence electrons. The van der Waals surface area contributed by atoms with Gasteiger partial charge in [-0.15, -0.1) is 0 Å². The molecule has 0 saturated carbocycles. The molecule has 1 heterocycles. The van der Waals surface area contributed by atoms with Crippen molar-refractivity contribution in [3.63, 3.8) is 0 Å². The van der Waals surface area contributed by atoms with Crippen molar-refractivity contribution >= 4 is 11.6 Å². The third-order valence-electron chi connectivity index (χ3n) is 3.96. The molecule has 2 aromatic carbocycles. The van der Waals surface area contributed by atoms with Gasteiger partial charge in [0.05, 0.1) is 23.1 Å². The number of halogens is 1. The van der Waals surface area contributed by atoms with Crippen LogP contribution in [0.15, 0.2) is 48.7 Å². The normalized spacial score (nSPS) is 10.7. The molecule has 0 spiro atoms. The summed E-state index contributed by atoms with van der Waals surface area (Å²) in [5, 5.41) is 7.16. The first kappa shape index (κ1) is 15.9. The Morgan fingerprint density at radius 3 is 2.46 bits per heavy atom. The Hall–Kier alpha value is -2.95. The lowest BCUT2D eigenvalue weighted by Crippen LogP contribution is -2.14. The van der Waals surface area contributed by atoms with Crippen LogP contribution in [-0.4, -0.2) is 15.7 Å². The standard InChI is InChI=1S/C19H18FN3O/c1-12-4-9-18(13(2)10-12)22-19(24)17-11-21-23(14(17)3)16-7-5-15(20)6-8-16/h4-11H,1-3H3,(H,22,24). The van der Waals surface area contributed by atoms with E-state index in [1.54, 1.807) is 16.8 Å². The topological polar surface area (TPSA) is 46.9 Å². The second-order valence-electron chi connectivity index (χ2n) is 5.80. The number of hydrogen-bond acceptors (Lipinski definition) is 2. The Labute approximate surface area is 139 Å². The molecule has 4 nitrogen and oxygen atoms in total.